The molecule has 4 aromatic rings. The van der Waals surface area contributed by atoms with E-state index in [0.29, 0.717) is 13.0 Å². The Kier molecular flexibility index (Phi) is 4.42. The van der Waals surface area contributed by atoms with Crippen molar-refractivity contribution in [3.8, 4) is 11.3 Å². The van der Waals surface area contributed by atoms with E-state index in [2.05, 4.69) is 46.1 Å². The van der Waals surface area contributed by atoms with Crippen molar-refractivity contribution in [2.75, 3.05) is 0 Å². The summed E-state index contributed by atoms with van der Waals surface area (Å²) in [5.41, 5.74) is 4.48. The van der Waals surface area contributed by atoms with Crippen molar-refractivity contribution in [2.45, 2.75) is 45.1 Å². The molecule has 4 aliphatic rings. The Morgan fingerprint density at radius 1 is 0.917 bits per heavy atom. The van der Waals surface area contributed by atoms with Gasteiger partial charge in [-0.15, -0.1) is 0 Å². The van der Waals surface area contributed by atoms with Gasteiger partial charge >= 0.3 is 5.97 Å². The van der Waals surface area contributed by atoms with Gasteiger partial charge in [-0.1, -0.05) is 48.5 Å². The number of carbonyl (C=O) groups is 2. The van der Waals surface area contributed by atoms with Crippen molar-refractivity contribution in [1.82, 2.24) is 9.55 Å². The summed E-state index contributed by atoms with van der Waals surface area (Å²) in [5, 5.41) is 10.6. The van der Waals surface area contributed by atoms with Crippen molar-refractivity contribution in [1.29, 1.82) is 0 Å². The van der Waals surface area contributed by atoms with Crippen molar-refractivity contribution in [3.63, 3.8) is 0 Å². The fourth-order valence-electron chi connectivity index (χ4n) is 7.14. The number of rotatable bonds is 8. The van der Waals surface area contributed by atoms with Crippen LogP contribution in [0.25, 0.3) is 22.2 Å². The molecular formula is C31H28N2O3. The van der Waals surface area contributed by atoms with Crippen LogP contribution >= 0.6 is 0 Å². The number of carboxylic acids is 1. The van der Waals surface area contributed by atoms with Crippen molar-refractivity contribution in [3.05, 3.63) is 90.3 Å². The quantitative estimate of drug-likeness (QED) is 0.300. The van der Waals surface area contributed by atoms with Gasteiger partial charge in [0.25, 0.3) is 0 Å². The summed E-state index contributed by atoms with van der Waals surface area (Å²) < 4.78 is 2.15. The lowest BCUT2D eigenvalue weighted by molar-refractivity contribution is -0.248. The molecule has 2 heterocycles. The number of ketones is 1. The second-order valence-corrected chi connectivity index (χ2v) is 11.4. The topological polar surface area (TPSA) is 72.2 Å². The molecule has 0 amide bonds. The van der Waals surface area contributed by atoms with Crippen LogP contribution in [0.4, 0.5) is 0 Å². The van der Waals surface area contributed by atoms with Crippen LogP contribution in [0.15, 0.2) is 79.1 Å². The minimum absolute atomic E-state index is 0.0120. The number of hydrogen-bond acceptors (Lipinski definition) is 3. The molecule has 36 heavy (non-hydrogen) atoms. The number of fused-ring (bicyclic) bond motifs is 1. The van der Waals surface area contributed by atoms with E-state index in [9.17, 15) is 14.7 Å². The third-order valence-corrected chi connectivity index (χ3v) is 9.30. The van der Waals surface area contributed by atoms with E-state index in [-0.39, 0.29) is 16.6 Å². The van der Waals surface area contributed by atoms with Gasteiger partial charge in [0, 0.05) is 41.9 Å². The molecule has 5 nitrogen and oxygen atoms in total. The molecule has 0 unspecified atom stereocenters. The molecule has 2 aromatic heterocycles. The molecule has 180 valence electrons. The van der Waals surface area contributed by atoms with Gasteiger partial charge in [-0.25, -0.2) is 0 Å². The Hall–Kier alpha value is -3.73. The summed E-state index contributed by atoms with van der Waals surface area (Å²) in [6, 6.07) is 22.3. The smallest absolute Gasteiger partial charge is 0.309 e. The van der Waals surface area contributed by atoms with Gasteiger partial charge < -0.3 is 9.67 Å². The predicted molar refractivity (Wildman–Crippen MR) is 138 cm³/mol. The highest BCUT2D eigenvalue weighted by molar-refractivity contribution is 6.07. The maximum atomic E-state index is 13.7. The standard InChI is InChI=1S/C31H28N2O3/c34-26(15-30(12-13-30)31-18-29(19-31,20-31)28(35)36)24-8-4-7-23-11-14-33(27(23)24)17-21-9-10-25(32-16-21)22-5-2-1-3-6-22/h1-11,14,16H,12-13,15,17-20H2,(H,35,36). The van der Waals surface area contributed by atoms with Crippen molar-refractivity contribution in [2.24, 2.45) is 16.2 Å². The van der Waals surface area contributed by atoms with E-state index in [4.69, 9.17) is 0 Å². The highest BCUT2D eigenvalue weighted by Gasteiger charge is 2.80. The summed E-state index contributed by atoms with van der Waals surface area (Å²) in [7, 11) is 0. The lowest BCUT2D eigenvalue weighted by Crippen LogP contribution is -2.69. The Labute approximate surface area is 209 Å². The predicted octanol–water partition coefficient (Wildman–Crippen LogP) is 6.36. The second kappa shape index (κ2) is 7.39. The van der Waals surface area contributed by atoms with E-state index < -0.39 is 11.4 Å². The van der Waals surface area contributed by atoms with Crippen LogP contribution in [-0.4, -0.2) is 26.4 Å². The van der Waals surface area contributed by atoms with Gasteiger partial charge in [0.1, 0.15) is 0 Å². The first-order valence-electron chi connectivity index (χ1n) is 12.8. The maximum absolute atomic E-state index is 13.7. The average Bonchev–Trinajstić information content (AvgIpc) is 3.48. The summed E-state index contributed by atoms with van der Waals surface area (Å²) in [6.45, 7) is 0.645. The number of para-hydroxylation sites is 1. The zero-order valence-corrected chi connectivity index (χ0v) is 20.1. The normalized spacial score (nSPS) is 25.1. The Morgan fingerprint density at radius 2 is 1.69 bits per heavy atom. The van der Waals surface area contributed by atoms with Gasteiger partial charge in [0.2, 0.25) is 0 Å². The molecule has 4 aliphatic carbocycles. The van der Waals surface area contributed by atoms with Gasteiger partial charge in [-0.3, -0.25) is 14.6 Å². The summed E-state index contributed by atoms with van der Waals surface area (Å²) in [6.07, 6.45) is 8.87. The number of benzene rings is 2. The molecule has 5 heteroatoms. The number of Topliss-reactive ketones (excluding diaryl/α,β-unsaturated/α-hetero) is 1. The van der Waals surface area contributed by atoms with Crippen LogP contribution in [0.3, 0.4) is 0 Å². The lowest BCUT2D eigenvalue weighted by atomic mass is 9.30. The molecule has 2 bridgehead atoms. The first-order chi connectivity index (χ1) is 17.4. The molecule has 1 N–H and O–H groups in total. The molecular weight excluding hydrogens is 448 g/mol. The SMILES string of the molecule is O=C(CC1(C23CC(C(=O)O)(C2)C3)CC1)c1cccc2ccn(Cc3ccc(-c4ccccc4)nc3)c12. The van der Waals surface area contributed by atoms with E-state index in [0.717, 1.165) is 65.4 Å². The summed E-state index contributed by atoms with van der Waals surface area (Å²) >= 11 is 0. The van der Waals surface area contributed by atoms with Crippen molar-refractivity contribution < 1.29 is 14.7 Å². The van der Waals surface area contributed by atoms with E-state index in [1.165, 1.54) is 0 Å². The number of pyridine rings is 1. The number of aromatic nitrogens is 2. The summed E-state index contributed by atoms with van der Waals surface area (Å²) in [4.78, 5) is 30.0. The molecule has 0 aliphatic heterocycles. The van der Waals surface area contributed by atoms with Crippen LogP contribution in [0.5, 0.6) is 0 Å². The number of aliphatic carboxylic acids is 1. The van der Waals surface area contributed by atoms with Crippen molar-refractivity contribution >= 4 is 22.7 Å². The fourth-order valence-corrected chi connectivity index (χ4v) is 7.14. The Balaban J connectivity index is 1.13. The molecule has 0 atom stereocenters. The molecule has 4 fully saturated rings. The minimum Gasteiger partial charge on any atom is -0.481 e. The van der Waals surface area contributed by atoms with E-state index >= 15 is 0 Å². The van der Waals surface area contributed by atoms with E-state index in [1.54, 1.807) is 0 Å². The molecule has 0 saturated heterocycles. The molecule has 8 rings (SSSR count). The summed E-state index contributed by atoms with van der Waals surface area (Å²) in [5.74, 6) is -0.468. The first kappa shape index (κ1) is 21.5. The third kappa shape index (κ3) is 3.05. The average molecular weight is 477 g/mol. The zero-order chi connectivity index (χ0) is 24.5. The largest absolute Gasteiger partial charge is 0.481 e. The highest BCUT2D eigenvalue weighted by atomic mass is 16.4. The lowest BCUT2D eigenvalue weighted by Gasteiger charge is -2.72. The zero-order valence-electron chi connectivity index (χ0n) is 20.1. The fraction of sp³-hybridized carbons (Fsp3) is 0.323. The number of hydrogen-bond donors (Lipinski definition) is 1. The molecule has 0 radical (unpaired) electrons. The van der Waals surface area contributed by atoms with Crippen LogP contribution in [0.1, 0.15) is 54.4 Å². The molecule has 4 saturated carbocycles. The monoisotopic (exact) mass is 476 g/mol. The Bertz CT molecular complexity index is 1490. The maximum Gasteiger partial charge on any atom is 0.309 e. The highest BCUT2D eigenvalue weighted by Crippen LogP contribution is 2.85. The number of nitrogens with zero attached hydrogens (tertiary/aromatic N) is 2. The number of carboxylic acid groups (broad SMARTS) is 1. The number of carbonyl (C=O) groups excluding carboxylic acids is 1. The molecule has 0 spiro atoms. The first-order valence-corrected chi connectivity index (χ1v) is 12.8. The minimum atomic E-state index is -0.652. The third-order valence-electron chi connectivity index (χ3n) is 9.30. The van der Waals surface area contributed by atoms with Crippen LogP contribution in [0.2, 0.25) is 0 Å². The molecule has 2 aromatic carbocycles. The van der Waals surface area contributed by atoms with Crippen LogP contribution in [0, 0.1) is 16.2 Å². The van der Waals surface area contributed by atoms with E-state index in [1.807, 2.05) is 42.6 Å². The van der Waals surface area contributed by atoms with Gasteiger partial charge in [0.05, 0.1) is 16.6 Å². The second-order valence-electron chi connectivity index (χ2n) is 11.4. The van der Waals surface area contributed by atoms with Crippen LogP contribution < -0.4 is 0 Å². The van der Waals surface area contributed by atoms with Gasteiger partial charge in [-0.05, 0) is 66.7 Å². The van der Waals surface area contributed by atoms with Gasteiger partial charge in [0.15, 0.2) is 5.78 Å². The van der Waals surface area contributed by atoms with Gasteiger partial charge in [-0.2, -0.15) is 0 Å². The Morgan fingerprint density at radius 3 is 2.36 bits per heavy atom. The van der Waals surface area contributed by atoms with Crippen LogP contribution in [-0.2, 0) is 11.3 Å².